The second-order valence-corrected chi connectivity index (χ2v) is 3.48. The summed E-state index contributed by atoms with van der Waals surface area (Å²) in [4.78, 5) is 5.57. The molecular weight excluding hydrogens is 190 g/mol. The Balaban J connectivity index is 3.77. The summed E-state index contributed by atoms with van der Waals surface area (Å²) >= 11 is 0. The smallest absolute Gasteiger partial charge is 0.200 e. The fourth-order valence-corrected chi connectivity index (χ4v) is 1.21. The lowest BCUT2D eigenvalue weighted by Crippen LogP contribution is -2.45. The summed E-state index contributed by atoms with van der Waals surface area (Å²) < 4.78 is 0. The molecule has 0 radical (unpaired) electrons. The highest BCUT2D eigenvalue weighted by atomic mass is 15.3. The van der Waals surface area contributed by atoms with Crippen molar-refractivity contribution in [1.82, 2.24) is 10.2 Å². The zero-order chi connectivity index (χ0) is 11.7. The van der Waals surface area contributed by atoms with Crippen LogP contribution in [0.3, 0.4) is 0 Å². The Morgan fingerprint density at radius 3 is 2.53 bits per heavy atom. The monoisotopic (exact) mass is 213 g/mol. The number of nitrogens with zero attached hydrogens (tertiary/aromatic N) is 2. The van der Waals surface area contributed by atoms with Crippen molar-refractivity contribution < 1.29 is 0 Å². The first kappa shape index (κ1) is 13.7. The maximum absolute atomic E-state index is 7.26. The van der Waals surface area contributed by atoms with Crippen LogP contribution in [0.2, 0.25) is 0 Å². The lowest BCUT2D eigenvalue weighted by Gasteiger charge is -2.19. The number of aliphatic imine (C=N–C) groups is 1. The first-order valence-corrected chi connectivity index (χ1v) is 5.41. The van der Waals surface area contributed by atoms with Crippen LogP contribution in [0.4, 0.5) is 0 Å². The number of rotatable bonds is 5. The average molecular weight is 213 g/mol. The van der Waals surface area contributed by atoms with Crippen LogP contribution < -0.4 is 11.1 Å². The third kappa shape index (κ3) is 5.93. The van der Waals surface area contributed by atoms with Crippen LogP contribution >= 0.6 is 0 Å². The van der Waals surface area contributed by atoms with Gasteiger partial charge < -0.3 is 11.1 Å². The Bertz CT molecular complexity index is 212. The molecule has 0 aromatic rings. The SMILES string of the molecule is CCCCCCNC(=NC)N(C)C(=N)N. The van der Waals surface area contributed by atoms with Gasteiger partial charge in [-0.05, 0) is 6.42 Å². The molecule has 0 aromatic heterocycles. The van der Waals surface area contributed by atoms with Gasteiger partial charge in [-0.3, -0.25) is 15.3 Å². The molecular formula is C10H23N5. The lowest BCUT2D eigenvalue weighted by molar-refractivity contribution is 0.622. The lowest BCUT2D eigenvalue weighted by atomic mass is 10.2. The molecule has 0 saturated carbocycles. The first-order valence-electron chi connectivity index (χ1n) is 5.41. The van der Waals surface area contributed by atoms with Crippen LogP contribution in [-0.4, -0.2) is 37.5 Å². The van der Waals surface area contributed by atoms with E-state index >= 15 is 0 Å². The van der Waals surface area contributed by atoms with E-state index in [9.17, 15) is 0 Å². The van der Waals surface area contributed by atoms with Gasteiger partial charge in [-0.25, -0.2) is 0 Å². The Kier molecular flexibility index (Phi) is 7.40. The van der Waals surface area contributed by atoms with E-state index in [1.165, 1.54) is 24.2 Å². The second-order valence-electron chi connectivity index (χ2n) is 3.48. The normalized spacial score (nSPS) is 11.3. The summed E-state index contributed by atoms with van der Waals surface area (Å²) in [6.45, 7) is 3.07. The van der Waals surface area contributed by atoms with Gasteiger partial charge in [0.15, 0.2) is 11.9 Å². The van der Waals surface area contributed by atoms with Gasteiger partial charge in [-0.15, -0.1) is 0 Å². The molecule has 0 amide bonds. The molecule has 15 heavy (non-hydrogen) atoms. The Morgan fingerprint density at radius 1 is 1.40 bits per heavy atom. The van der Waals surface area contributed by atoms with Gasteiger partial charge in [0.05, 0.1) is 0 Å². The molecule has 0 rings (SSSR count). The number of nitrogens with two attached hydrogens (primary N) is 1. The van der Waals surface area contributed by atoms with Gasteiger partial charge in [-0.1, -0.05) is 26.2 Å². The van der Waals surface area contributed by atoms with Crippen molar-refractivity contribution in [3.05, 3.63) is 0 Å². The van der Waals surface area contributed by atoms with Crippen molar-refractivity contribution in [3.63, 3.8) is 0 Å². The summed E-state index contributed by atoms with van der Waals surface area (Å²) in [5.41, 5.74) is 5.35. The Hall–Kier alpha value is -1.26. The van der Waals surface area contributed by atoms with Crippen molar-refractivity contribution >= 4 is 11.9 Å². The summed E-state index contributed by atoms with van der Waals surface area (Å²) in [6.07, 6.45) is 4.85. The summed E-state index contributed by atoms with van der Waals surface area (Å²) in [5, 5.41) is 10.4. The van der Waals surface area contributed by atoms with Crippen molar-refractivity contribution in [2.75, 3.05) is 20.6 Å². The molecule has 5 heteroatoms. The third-order valence-corrected chi connectivity index (χ3v) is 2.20. The van der Waals surface area contributed by atoms with Crippen LogP contribution in [0.5, 0.6) is 0 Å². The standard InChI is InChI=1S/C10H23N5/c1-4-5-6-7-8-14-10(13-2)15(3)9(11)12/h4-8H2,1-3H3,(H3,11,12)(H,13,14). The molecule has 0 aliphatic carbocycles. The van der Waals surface area contributed by atoms with Crippen LogP contribution in [0, 0.1) is 5.41 Å². The van der Waals surface area contributed by atoms with Gasteiger partial charge in [0.2, 0.25) is 0 Å². The highest BCUT2D eigenvalue weighted by molar-refractivity contribution is 5.96. The van der Waals surface area contributed by atoms with E-state index in [2.05, 4.69) is 17.2 Å². The largest absolute Gasteiger partial charge is 0.370 e. The van der Waals surface area contributed by atoms with Gasteiger partial charge in [-0.2, -0.15) is 0 Å². The molecule has 0 aliphatic heterocycles. The molecule has 4 N–H and O–H groups in total. The second kappa shape index (κ2) is 8.08. The summed E-state index contributed by atoms with van der Waals surface area (Å²) in [7, 11) is 3.41. The van der Waals surface area contributed by atoms with Crippen molar-refractivity contribution in [2.24, 2.45) is 10.7 Å². The van der Waals surface area contributed by atoms with E-state index in [4.69, 9.17) is 11.1 Å². The predicted octanol–water partition coefficient (Wildman–Crippen LogP) is 0.967. The zero-order valence-electron chi connectivity index (χ0n) is 10.0. The molecule has 0 bridgehead atoms. The van der Waals surface area contributed by atoms with Crippen LogP contribution in [0.15, 0.2) is 4.99 Å². The van der Waals surface area contributed by atoms with Crippen molar-refractivity contribution in [3.8, 4) is 0 Å². The zero-order valence-corrected chi connectivity index (χ0v) is 10.0. The minimum atomic E-state index is -0.00309. The molecule has 0 unspecified atom stereocenters. The average Bonchev–Trinajstić information content (AvgIpc) is 2.22. The molecule has 0 aromatic carbocycles. The fraction of sp³-hybridized carbons (Fsp3) is 0.800. The van der Waals surface area contributed by atoms with Gasteiger partial charge in [0.1, 0.15) is 0 Å². The molecule has 0 saturated heterocycles. The Labute approximate surface area is 92.3 Å². The summed E-state index contributed by atoms with van der Waals surface area (Å²) in [5.74, 6) is 0.649. The molecule has 88 valence electrons. The van der Waals surface area contributed by atoms with E-state index in [-0.39, 0.29) is 5.96 Å². The van der Waals surface area contributed by atoms with E-state index in [0.717, 1.165) is 13.0 Å². The number of hydrogen-bond donors (Lipinski definition) is 3. The Morgan fingerprint density at radius 2 is 2.07 bits per heavy atom. The van der Waals surface area contributed by atoms with Crippen molar-refractivity contribution in [1.29, 1.82) is 5.41 Å². The van der Waals surface area contributed by atoms with Gasteiger partial charge in [0, 0.05) is 20.6 Å². The molecule has 0 heterocycles. The van der Waals surface area contributed by atoms with Crippen LogP contribution in [-0.2, 0) is 0 Å². The highest BCUT2D eigenvalue weighted by Gasteiger charge is 2.06. The molecule has 0 aliphatic rings. The highest BCUT2D eigenvalue weighted by Crippen LogP contribution is 1.97. The van der Waals surface area contributed by atoms with E-state index < -0.39 is 0 Å². The van der Waals surface area contributed by atoms with Gasteiger partial charge >= 0.3 is 0 Å². The maximum atomic E-state index is 7.26. The quantitative estimate of drug-likeness (QED) is 0.362. The maximum Gasteiger partial charge on any atom is 0.200 e. The number of guanidine groups is 2. The predicted molar refractivity (Wildman–Crippen MR) is 65.2 cm³/mol. The van der Waals surface area contributed by atoms with E-state index in [1.807, 2.05) is 0 Å². The van der Waals surface area contributed by atoms with Crippen LogP contribution in [0.1, 0.15) is 32.6 Å². The topological polar surface area (TPSA) is 77.5 Å². The number of nitrogens with one attached hydrogen (secondary N) is 2. The summed E-state index contributed by atoms with van der Waals surface area (Å²) in [6, 6.07) is 0. The number of unbranched alkanes of at least 4 members (excludes halogenated alkanes) is 3. The fourth-order valence-electron chi connectivity index (χ4n) is 1.21. The number of hydrogen-bond acceptors (Lipinski definition) is 2. The molecule has 0 fully saturated rings. The van der Waals surface area contributed by atoms with Crippen LogP contribution in [0.25, 0.3) is 0 Å². The minimum absolute atomic E-state index is 0.00309. The molecule has 5 nitrogen and oxygen atoms in total. The minimum Gasteiger partial charge on any atom is -0.370 e. The van der Waals surface area contributed by atoms with Gasteiger partial charge in [0.25, 0.3) is 0 Å². The molecule has 0 atom stereocenters. The van der Waals surface area contributed by atoms with Crippen molar-refractivity contribution in [2.45, 2.75) is 32.6 Å². The first-order chi connectivity index (χ1) is 7.13. The van der Waals surface area contributed by atoms with E-state index in [1.54, 1.807) is 14.1 Å². The van der Waals surface area contributed by atoms with E-state index in [0.29, 0.717) is 5.96 Å². The molecule has 0 spiro atoms. The third-order valence-electron chi connectivity index (χ3n) is 2.20.